The van der Waals surface area contributed by atoms with Crippen LogP contribution in [0.4, 0.5) is 5.82 Å². The van der Waals surface area contributed by atoms with Gasteiger partial charge in [0.2, 0.25) is 0 Å². The molecule has 1 saturated heterocycles. The highest BCUT2D eigenvalue weighted by Gasteiger charge is 2.28. The Kier molecular flexibility index (Phi) is 4.94. The number of likely N-dealkylation sites (tertiary alicyclic amines) is 1. The van der Waals surface area contributed by atoms with Gasteiger partial charge in [-0.15, -0.1) is 0 Å². The normalized spacial score (nSPS) is 19.3. The van der Waals surface area contributed by atoms with Gasteiger partial charge in [0.05, 0.1) is 16.4 Å². The van der Waals surface area contributed by atoms with Gasteiger partial charge in [-0.05, 0) is 70.4 Å². The van der Waals surface area contributed by atoms with E-state index >= 15 is 0 Å². The Morgan fingerprint density at radius 1 is 1.16 bits per heavy atom. The van der Waals surface area contributed by atoms with Crippen LogP contribution in [0.15, 0.2) is 18.2 Å². The summed E-state index contributed by atoms with van der Waals surface area (Å²) in [6, 6.07) is 5.63. The van der Waals surface area contributed by atoms with Gasteiger partial charge in [-0.3, -0.25) is 0 Å². The van der Waals surface area contributed by atoms with Crippen molar-refractivity contribution in [1.82, 2.24) is 14.7 Å². The molecule has 0 radical (unpaired) electrons. The average Bonchev–Trinajstić information content (AvgIpc) is 2.78. The molecule has 1 aromatic carbocycles. The Morgan fingerprint density at radius 3 is 2.72 bits per heavy atom. The number of nitrogens with one attached hydrogen (secondary N) is 1. The summed E-state index contributed by atoms with van der Waals surface area (Å²) in [6.07, 6.45) is 5.84. The fourth-order valence-corrected chi connectivity index (χ4v) is 4.45. The van der Waals surface area contributed by atoms with E-state index in [0.717, 1.165) is 37.6 Å². The summed E-state index contributed by atoms with van der Waals surface area (Å²) in [6.45, 7) is 3.26. The smallest absolute Gasteiger partial charge is 0.133 e. The molecule has 2 aliphatic heterocycles. The highest BCUT2D eigenvalue weighted by molar-refractivity contribution is 6.35. The van der Waals surface area contributed by atoms with Crippen molar-refractivity contribution in [2.75, 3.05) is 32.0 Å². The minimum absolute atomic E-state index is 0.539. The lowest BCUT2D eigenvalue weighted by molar-refractivity contribution is 0.252. The van der Waals surface area contributed by atoms with Gasteiger partial charge in [-0.1, -0.05) is 23.2 Å². The molecule has 25 heavy (non-hydrogen) atoms. The van der Waals surface area contributed by atoms with Crippen LogP contribution < -0.4 is 5.32 Å². The molecule has 1 fully saturated rings. The highest BCUT2D eigenvalue weighted by Crippen LogP contribution is 2.37. The van der Waals surface area contributed by atoms with Crippen molar-refractivity contribution in [3.63, 3.8) is 0 Å². The van der Waals surface area contributed by atoms with Crippen LogP contribution in [0.2, 0.25) is 10.0 Å². The first-order valence-corrected chi connectivity index (χ1v) is 9.88. The third-order valence-electron chi connectivity index (χ3n) is 5.40. The van der Waals surface area contributed by atoms with Crippen LogP contribution in [0.5, 0.6) is 0 Å². The molecule has 6 heteroatoms. The Labute approximate surface area is 159 Å². The average molecular weight is 379 g/mol. The molecule has 2 aromatic rings. The summed E-state index contributed by atoms with van der Waals surface area (Å²) in [5.41, 5.74) is 3.55. The second-order valence-electron chi connectivity index (χ2n) is 7.18. The Hall–Kier alpha value is -1.23. The number of halogens is 2. The van der Waals surface area contributed by atoms with E-state index in [4.69, 9.17) is 28.3 Å². The number of benzene rings is 1. The van der Waals surface area contributed by atoms with E-state index < -0.39 is 0 Å². The van der Waals surface area contributed by atoms with Gasteiger partial charge in [0.15, 0.2) is 0 Å². The largest absolute Gasteiger partial charge is 0.370 e. The van der Waals surface area contributed by atoms with Crippen LogP contribution >= 0.6 is 23.2 Å². The van der Waals surface area contributed by atoms with Gasteiger partial charge in [-0.25, -0.2) is 4.68 Å². The molecule has 4 nitrogen and oxygen atoms in total. The first-order chi connectivity index (χ1) is 12.1. The molecule has 1 aromatic heterocycles. The minimum Gasteiger partial charge on any atom is -0.370 e. The van der Waals surface area contributed by atoms with E-state index in [1.165, 1.54) is 36.9 Å². The molecule has 1 N–H and O–H groups in total. The van der Waals surface area contributed by atoms with E-state index in [-0.39, 0.29) is 0 Å². The van der Waals surface area contributed by atoms with Gasteiger partial charge in [0.1, 0.15) is 5.82 Å². The maximum atomic E-state index is 6.48. The second-order valence-corrected chi connectivity index (χ2v) is 8.03. The lowest BCUT2D eigenvalue weighted by atomic mass is 9.90. The molecule has 0 spiro atoms. The second kappa shape index (κ2) is 7.18. The summed E-state index contributed by atoms with van der Waals surface area (Å²) >= 11 is 12.6. The van der Waals surface area contributed by atoms with Crippen LogP contribution in [0, 0.1) is 0 Å². The molecule has 3 heterocycles. The zero-order valence-corrected chi connectivity index (χ0v) is 16.1. The molecule has 0 unspecified atom stereocenters. The molecular weight excluding hydrogens is 355 g/mol. The molecule has 0 amide bonds. The standard InChI is InChI=1S/C19H24Cl2N4/c1-24-10-7-13(8-11-24)18-15-4-2-3-9-22-19(15)25(23-18)17-6-5-14(20)12-16(17)21/h5-6,12-13,22H,2-4,7-11H2,1H3. The molecule has 0 atom stereocenters. The Bertz CT molecular complexity index is 763. The first-order valence-electron chi connectivity index (χ1n) is 9.13. The predicted octanol–water partition coefficient (Wildman–Crippen LogP) is 4.74. The highest BCUT2D eigenvalue weighted by atomic mass is 35.5. The van der Waals surface area contributed by atoms with E-state index in [1.807, 2.05) is 16.8 Å². The fraction of sp³-hybridized carbons (Fsp3) is 0.526. The zero-order valence-electron chi connectivity index (χ0n) is 14.6. The van der Waals surface area contributed by atoms with Crippen LogP contribution in [-0.2, 0) is 6.42 Å². The third-order valence-corrected chi connectivity index (χ3v) is 5.94. The lowest BCUT2D eigenvalue weighted by Gasteiger charge is -2.28. The number of hydrogen-bond acceptors (Lipinski definition) is 3. The molecule has 4 rings (SSSR count). The topological polar surface area (TPSA) is 33.1 Å². The number of hydrogen-bond donors (Lipinski definition) is 1. The maximum absolute atomic E-state index is 6.48. The summed E-state index contributed by atoms with van der Waals surface area (Å²) < 4.78 is 2.01. The van der Waals surface area contributed by atoms with Crippen LogP contribution in [0.3, 0.4) is 0 Å². The summed E-state index contributed by atoms with van der Waals surface area (Å²) in [7, 11) is 2.20. The third kappa shape index (κ3) is 3.40. The van der Waals surface area contributed by atoms with Crippen molar-refractivity contribution >= 4 is 29.0 Å². The number of aromatic nitrogens is 2. The van der Waals surface area contributed by atoms with Crippen molar-refractivity contribution in [3.05, 3.63) is 39.5 Å². The van der Waals surface area contributed by atoms with Gasteiger partial charge >= 0.3 is 0 Å². The number of anilines is 1. The predicted molar refractivity (Wildman–Crippen MR) is 104 cm³/mol. The van der Waals surface area contributed by atoms with Crippen molar-refractivity contribution in [2.24, 2.45) is 0 Å². The molecule has 0 saturated carbocycles. The van der Waals surface area contributed by atoms with Crippen molar-refractivity contribution in [1.29, 1.82) is 0 Å². The van der Waals surface area contributed by atoms with E-state index in [0.29, 0.717) is 16.0 Å². The molecule has 0 aliphatic carbocycles. The van der Waals surface area contributed by atoms with Crippen LogP contribution in [0.25, 0.3) is 5.69 Å². The Balaban J connectivity index is 1.79. The fourth-order valence-electron chi connectivity index (χ4n) is 3.97. The van der Waals surface area contributed by atoms with Gasteiger partial charge in [0.25, 0.3) is 0 Å². The monoisotopic (exact) mass is 378 g/mol. The van der Waals surface area contributed by atoms with Crippen molar-refractivity contribution in [3.8, 4) is 5.69 Å². The van der Waals surface area contributed by atoms with Crippen LogP contribution in [0.1, 0.15) is 42.9 Å². The van der Waals surface area contributed by atoms with Crippen molar-refractivity contribution in [2.45, 2.75) is 38.0 Å². The van der Waals surface area contributed by atoms with Crippen molar-refractivity contribution < 1.29 is 0 Å². The van der Waals surface area contributed by atoms with Crippen LogP contribution in [-0.4, -0.2) is 41.4 Å². The number of rotatable bonds is 2. The van der Waals surface area contributed by atoms with E-state index in [9.17, 15) is 0 Å². The van der Waals surface area contributed by atoms with E-state index in [1.54, 1.807) is 6.07 Å². The number of nitrogens with zero attached hydrogens (tertiary/aromatic N) is 3. The molecule has 134 valence electrons. The first kappa shape index (κ1) is 17.2. The summed E-state index contributed by atoms with van der Waals surface area (Å²) in [5.74, 6) is 1.66. The molecular formula is C19H24Cl2N4. The summed E-state index contributed by atoms with van der Waals surface area (Å²) in [5, 5.41) is 9.94. The molecule has 0 bridgehead atoms. The SMILES string of the molecule is CN1CCC(c2nn(-c3ccc(Cl)cc3Cl)c3c2CCCCN3)CC1. The molecule has 2 aliphatic rings. The zero-order chi connectivity index (χ0) is 17.4. The lowest BCUT2D eigenvalue weighted by Crippen LogP contribution is -2.29. The quantitative estimate of drug-likeness (QED) is 0.819. The Morgan fingerprint density at radius 2 is 1.96 bits per heavy atom. The van der Waals surface area contributed by atoms with Gasteiger partial charge < -0.3 is 10.2 Å². The van der Waals surface area contributed by atoms with Gasteiger partial charge in [-0.2, -0.15) is 5.10 Å². The maximum Gasteiger partial charge on any atom is 0.133 e. The number of piperidine rings is 1. The minimum atomic E-state index is 0.539. The van der Waals surface area contributed by atoms with Gasteiger partial charge in [0, 0.05) is 23.0 Å². The number of fused-ring (bicyclic) bond motifs is 1. The summed E-state index contributed by atoms with van der Waals surface area (Å²) in [4.78, 5) is 2.40. The van der Waals surface area contributed by atoms with E-state index in [2.05, 4.69) is 17.3 Å².